The van der Waals surface area contributed by atoms with E-state index in [4.69, 9.17) is 16.9 Å². The van der Waals surface area contributed by atoms with Crippen LogP contribution in [-0.2, 0) is 13.6 Å². The molecule has 0 radical (unpaired) electrons. The van der Waals surface area contributed by atoms with Gasteiger partial charge in [0.05, 0.1) is 18.3 Å². The number of hydrogen-bond donors (Lipinski definition) is 0. The number of rotatable bonds is 5. The van der Waals surface area contributed by atoms with Crippen molar-refractivity contribution in [2.45, 2.75) is 26.8 Å². The Morgan fingerprint density at radius 1 is 1.56 bits per heavy atom. The predicted octanol–water partition coefficient (Wildman–Crippen LogP) is 2.12. The van der Waals surface area contributed by atoms with Crippen LogP contribution in [0, 0.1) is 18.3 Å². The van der Waals surface area contributed by atoms with Gasteiger partial charge in [-0.1, -0.05) is 18.5 Å². The van der Waals surface area contributed by atoms with Crippen LogP contribution in [0.25, 0.3) is 0 Å². The van der Waals surface area contributed by atoms with E-state index in [-0.39, 0.29) is 0 Å². The first kappa shape index (κ1) is 13.0. The number of aryl methyl sites for hydroxylation is 2. The van der Waals surface area contributed by atoms with Gasteiger partial charge in [-0.05, 0) is 19.9 Å². The lowest BCUT2D eigenvalue weighted by molar-refractivity contribution is 0.298. The summed E-state index contributed by atoms with van der Waals surface area (Å²) in [5, 5.41) is 13.7. The van der Waals surface area contributed by atoms with Gasteiger partial charge < -0.3 is 0 Å². The summed E-state index contributed by atoms with van der Waals surface area (Å²) in [5.74, 6) is 0. The van der Waals surface area contributed by atoms with Crippen LogP contribution in [0.2, 0.25) is 5.15 Å². The van der Waals surface area contributed by atoms with Crippen molar-refractivity contribution < 1.29 is 0 Å². The van der Waals surface area contributed by atoms with Crippen LogP contribution in [0.15, 0.2) is 0 Å². The van der Waals surface area contributed by atoms with E-state index in [0.29, 0.717) is 18.2 Å². The van der Waals surface area contributed by atoms with Crippen LogP contribution >= 0.6 is 11.6 Å². The molecule has 0 bridgehead atoms. The average molecular weight is 241 g/mol. The minimum atomic E-state index is 0.429. The van der Waals surface area contributed by atoms with Gasteiger partial charge in [-0.25, -0.2) is 0 Å². The Balaban J connectivity index is 2.81. The average Bonchev–Trinajstić information content (AvgIpc) is 2.46. The molecule has 0 unspecified atom stereocenters. The van der Waals surface area contributed by atoms with Crippen molar-refractivity contribution in [1.82, 2.24) is 14.7 Å². The van der Waals surface area contributed by atoms with Crippen molar-refractivity contribution in [3.05, 3.63) is 16.4 Å². The molecule has 88 valence electrons. The first-order valence-electron chi connectivity index (χ1n) is 5.37. The smallest absolute Gasteiger partial charge is 0.131 e. The van der Waals surface area contributed by atoms with Gasteiger partial charge >= 0.3 is 0 Å². The number of hydrogen-bond acceptors (Lipinski definition) is 3. The first-order valence-corrected chi connectivity index (χ1v) is 5.75. The zero-order chi connectivity index (χ0) is 12.1. The van der Waals surface area contributed by atoms with Crippen molar-refractivity contribution in [3.63, 3.8) is 0 Å². The molecule has 1 heterocycles. The Labute approximate surface area is 101 Å². The summed E-state index contributed by atoms with van der Waals surface area (Å²) in [6.07, 6.45) is 1.03. The fraction of sp³-hybridized carbons (Fsp3) is 0.636. The highest BCUT2D eigenvalue weighted by Crippen LogP contribution is 2.20. The van der Waals surface area contributed by atoms with Crippen molar-refractivity contribution in [2.24, 2.45) is 7.05 Å². The van der Waals surface area contributed by atoms with Crippen molar-refractivity contribution in [3.8, 4) is 6.07 Å². The number of halogens is 1. The van der Waals surface area contributed by atoms with Crippen LogP contribution in [0.1, 0.15) is 24.6 Å². The molecule has 0 N–H and O–H groups in total. The van der Waals surface area contributed by atoms with Gasteiger partial charge in [0.1, 0.15) is 5.15 Å². The second kappa shape index (κ2) is 5.88. The molecule has 0 aliphatic rings. The monoisotopic (exact) mass is 240 g/mol. The van der Waals surface area contributed by atoms with Crippen LogP contribution in [0.5, 0.6) is 0 Å². The maximum atomic E-state index is 8.74. The molecule has 0 saturated carbocycles. The van der Waals surface area contributed by atoms with E-state index in [1.807, 2.05) is 14.0 Å². The molecule has 0 aliphatic heterocycles. The van der Waals surface area contributed by atoms with E-state index in [9.17, 15) is 0 Å². The third-order valence-electron chi connectivity index (χ3n) is 2.49. The Bertz CT molecular complexity index is 391. The molecule has 1 rings (SSSR count). The molecular weight excluding hydrogens is 224 g/mol. The number of nitriles is 1. The van der Waals surface area contributed by atoms with E-state index in [1.165, 1.54) is 0 Å². The molecule has 0 aliphatic carbocycles. The fourth-order valence-corrected chi connectivity index (χ4v) is 1.94. The normalized spacial score (nSPS) is 10.8. The Morgan fingerprint density at radius 3 is 2.69 bits per heavy atom. The van der Waals surface area contributed by atoms with Crippen LogP contribution in [-0.4, -0.2) is 27.8 Å². The molecule has 0 amide bonds. The molecular formula is C11H17ClN4. The van der Waals surface area contributed by atoms with Gasteiger partial charge in [0.2, 0.25) is 0 Å². The highest BCUT2D eigenvalue weighted by molar-refractivity contribution is 6.30. The molecule has 16 heavy (non-hydrogen) atoms. The lowest BCUT2D eigenvalue weighted by Gasteiger charge is -2.17. The molecule has 0 aromatic carbocycles. The molecule has 1 aromatic heterocycles. The molecule has 0 spiro atoms. The molecule has 4 nitrogen and oxygen atoms in total. The summed E-state index contributed by atoms with van der Waals surface area (Å²) in [5.41, 5.74) is 1.96. The van der Waals surface area contributed by atoms with E-state index >= 15 is 0 Å². The van der Waals surface area contributed by atoms with Gasteiger partial charge in [-0.15, -0.1) is 0 Å². The lowest BCUT2D eigenvalue weighted by atomic mass is 10.2. The molecule has 0 atom stereocenters. The third kappa shape index (κ3) is 2.97. The Kier molecular flexibility index (Phi) is 4.78. The van der Waals surface area contributed by atoms with Crippen molar-refractivity contribution in [1.29, 1.82) is 5.26 Å². The Hall–Kier alpha value is -1.05. The summed E-state index contributed by atoms with van der Waals surface area (Å²) >= 11 is 6.15. The lowest BCUT2D eigenvalue weighted by Crippen LogP contribution is -2.24. The fourth-order valence-electron chi connectivity index (χ4n) is 1.71. The quantitative estimate of drug-likeness (QED) is 0.741. The number of nitrogens with zero attached hydrogens (tertiary/aromatic N) is 4. The van der Waals surface area contributed by atoms with Gasteiger partial charge in [-0.3, -0.25) is 9.58 Å². The maximum absolute atomic E-state index is 8.74. The van der Waals surface area contributed by atoms with Crippen molar-refractivity contribution in [2.75, 3.05) is 13.1 Å². The van der Waals surface area contributed by atoms with Crippen LogP contribution in [0.4, 0.5) is 0 Å². The van der Waals surface area contributed by atoms with Gasteiger partial charge in [0.25, 0.3) is 0 Å². The molecule has 0 saturated heterocycles. The SMILES string of the molecule is CCCN(CC#N)Cc1c(C)nn(C)c1Cl. The predicted molar refractivity (Wildman–Crippen MR) is 64.1 cm³/mol. The highest BCUT2D eigenvalue weighted by Gasteiger charge is 2.14. The number of aromatic nitrogens is 2. The summed E-state index contributed by atoms with van der Waals surface area (Å²) in [6, 6.07) is 2.17. The summed E-state index contributed by atoms with van der Waals surface area (Å²) in [7, 11) is 1.83. The first-order chi connectivity index (χ1) is 7.60. The summed E-state index contributed by atoms with van der Waals surface area (Å²) in [4.78, 5) is 2.08. The second-order valence-electron chi connectivity index (χ2n) is 3.85. The largest absolute Gasteiger partial charge is 0.286 e. The van der Waals surface area contributed by atoms with E-state index in [2.05, 4.69) is 23.0 Å². The highest BCUT2D eigenvalue weighted by atomic mass is 35.5. The van der Waals surface area contributed by atoms with E-state index in [0.717, 1.165) is 24.2 Å². The standard InChI is InChI=1S/C11H17ClN4/c1-4-6-16(7-5-13)8-10-9(2)14-15(3)11(10)12/h4,6-8H2,1-3H3. The van der Waals surface area contributed by atoms with E-state index < -0.39 is 0 Å². The van der Waals surface area contributed by atoms with Gasteiger partial charge in [0.15, 0.2) is 0 Å². The van der Waals surface area contributed by atoms with E-state index in [1.54, 1.807) is 4.68 Å². The minimum Gasteiger partial charge on any atom is -0.286 e. The van der Waals surface area contributed by atoms with Gasteiger partial charge in [-0.2, -0.15) is 10.4 Å². The molecule has 5 heteroatoms. The van der Waals surface area contributed by atoms with Gasteiger partial charge in [0, 0.05) is 19.2 Å². The van der Waals surface area contributed by atoms with Crippen LogP contribution in [0.3, 0.4) is 0 Å². The topological polar surface area (TPSA) is 44.9 Å². The zero-order valence-electron chi connectivity index (χ0n) is 10.00. The second-order valence-corrected chi connectivity index (χ2v) is 4.21. The molecule has 1 aromatic rings. The van der Waals surface area contributed by atoms with Crippen LogP contribution < -0.4 is 0 Å². The molecule has 0 fully saturated rings. The summed E-state index contributed by atoms with van der Waals surface area (Å²) < 4.78 is 1.67. The minimum absolute atomic E-state index is 0.429. The zero-order valence-corrected chi connectivity index (χ0v) is 10.8. The maximum Gasteiger partial charge on any atom is 0.131 e. The third-order valence-corrected chi connectivity index (χ3v) is 2.96. The Morgan fingerprint density at radius 2 is 2.25 bits per heavy atom. The van der Waals surface area contributed by atoms with Crippen molar-refractivity contribution >= 4 is 11.6 Å². The summed E-state index contributed by atoms with van der Waals surface area (Å²) in [6.45, 7) is 6.07.